The molecule has 2 rings (SSSR count). The second kappa shape index (κ2) is 7.54. The summed E-state index contributed by atoms with van der Waals surface area (Å²) < 4.78 is 2.18. The molecule has 2 heterocycles. The van der Waals surface area contributed by atoms with E-state index in [-0.39, 0.29) is 17.9 Å². The molecule has 118 valence electrons. The van der Waals surface area contributed by atoms with Crippen LogP contribution in [-0.2, 0) is 17.8 Å². The van der Waals surface area contributed by atoms with Gasteiger partial charge in [0, 0.05) is 18.9 Å². The number of hydrogen-bond donors (Lipinski definition) is 2. The number of aryl methyl sites for hydroxylation is 1. The molecule has 0 saturated heterocycles. The van der Waals surface area contributed by atoms with Crippen LogP contribution in [0.1, 0.15) is 63.6 Å². The van der Waals surface area contributed by atoms with E-state index in [1.807, 2.05) is 13.8 Å². The molecule has 0 bridgehead atoms. The fraction of sp³-hybridized carbons (Fsp3) is 0.800. The number of fused-ring (bicyclic) bond motifs is 1. The van der Waals surface area contributed by atoms with Gasteiger partial charge in [0.15, 0.2) is 5.82 Å². The highest BCUT2D eigenvalue weighted by Crippen LogP contribution is 2.19. The average molecular weight is 293 g/mol. The molecule has 0 radical (unpaired) electrons. The first-order valence-electron chi connectivity index (χ1n) is 8.06. The van der Waals surface area contributed by atoms with Gasteiger partial charge in [0.2, 0.25) is 5.91 Å². The van der Waals surface area contributed by atoms with Crippen LogP contribution in [0.5, 0.6) is 0 Å². The van der Waals surface area contributed by atoms with E-state index >= 15 is 0 Å². The Hall–Kier alpha value is -1.43. The van der Waals surface area contributed by atoms with Crippen molar-refractivity contribution in [1.29, 1.82) is 0 Å². The van der Waals surface area contributed by atoms with E-state index in [1.54, 1.807) is 0 Å². The first-order valence-corrected chi connectivity index (χ1v) is 8.06. The third-order valence-corrected chi connectivity index (χ3v) is 4.17. The van der Waals surface area contributed by atoms with Crippen LogP contribution in [0, 0.1) is 5.92 Å². The molecule has 0 aromatic carbocycles. The first kappa shape index (κ1) is 15.9. The van der Waals surface area contributed by atoms with Crippen molar-refractivity contribution >= 4 is 5.91 Å². The molecule has 21 heavy (non-hydrogen) atoms. The lowest BCUT2D eigenvalue weighted by atomic mass is 10.0. The Morgan fingerprint density at radius 3 is 2.90 bits per heavy atom. The molecule has 1 amide bonds. The monoisotopic (exact) mass is 293 g/mol. The van der Waals surface area contributed by atoms with Gasteiger partial charge >= 0.3 is 0 Å². The SMILES string of the molecule is CC(CCCN)C(=O)NC(C)c1nnc2n1CCCCC2. The Morgan fingerprint density at radius 1 is 1.33 bits per heavy atom. The van der Waals surface area contributed by atoms with Gasteiger partial charge in [-0.25, -0.2) is 0 Å². The summed E-state index contributed by atoms with van der Waals surface area (Å²) >= 11 is 0. The van der Waals surface area contributed by atoms with Crippen LogP contribution in [0.4, 0.5) is 0 Å². The Bertz CT molecular complexity index is 471. The van der Waals surface area contributed by atoms with Gasteiger partial charge in [-0.3, -0.25) is 4.79 Å². The van der Waals surface area contributed by atoms with Crippen molar-refractivity contribution in [3.63, 3.8) is 0 Å². The number of carbonyl (C=O) groups is 1. The molecule has 1 aliphatic rings. The summed E-state index contributed by atoms with van der Waals surface area (Å²) in [5.41, 5.74) is 5.49. The zero-order chi connectivity index (χ0) is 15.2. The predicted octanol–water partition coefficient (Wildman–Crippen LogP) is 1.56. The Morgan fingerprint density at radius 2 is 2.14 bits per heavy atom. The van der Waals surface area contributed by atoms with E-state index < -0.39 is 0 Å². The number of nitrogens with two attached hydrogens (primary N) is 1. The largest absolute Gasteiger partial charge is 0.346 e. The van der Waals surface area contributed by atoms with Crippen molar-refractivity contribution < 1.29 is 4.79 Å². The number of nitrogens with zero attached hydrogens (tertiary/aromatic N) is 3. The van der Waals surface area contributed by atoms with Crippen molar-refractivity contribution in [3.8, 4) is 0 Å². The molecule has 6 heteroatoms. The van der Waals surface area contributed by atoms with Crippen molar-refractivity contribution in [2.45, 2.75) is 65.0 Å². The van der Waals surface area contributed by atoms with E-state index in [2.05, 4.69) is 20.1 Å². The summed E-state index contributed by atoms with van der Waals surface area (Å²) in [4.78, 5) is 12.2. The molecule has 3 N–H and O–H groups in total. The highest BCUT2D eigenvalue weighted by atomic mass is 16.1. The molecule has 0 saturated carbocycles. The predicted molar refractivity (Wildman–Crippen MR) is 81.6 cm³/mol. The van der Waals surface area contributed by atoms with Gasteiger partial charge < -0.3 is 15.6 Å². The van der Waals surface area contributed by atoms with Gasteiger partial charge in [-0.15, -0.1) is 10.2 Å². The van der Waals surface area contributed by atoms with E-state index in [9.17, 15) is 4.79 Å². The van der Waals surface area contributed by atoms with Gasteiger partial charge in [-0.1, -0.05) is 13.3 Å². The summed E-state index contributed by atoms with van der Waals surface area (Å²) in [6.45, 7) is 5.52. The standard InChI is InChI=1S/C15H27N5O/c1-11(7-6-9-16)15(21)17-12(2)14-19-18-13-8-4-3-5-10-20(13)14/h11-12H,3-10,16H2,1-2H3,(H,17,21). The maximum absolute atomic E-state index is 12.2. The van der Waals surface area contributed by atoms with Crippen molar-refractivity contribution in [1.82, 2.24) is 20.1 Å². The van der Waals surface area contributed by atoms with Crippen LogP contribution in [-0.4, -0.2) is 27.2 Å². The van der Waals surface area contributed by atoms with Gasteiger partial charge in [0.05, 0.1) is 6.04 Å². The van der Waals surface area contributed by atoms with Gasteiger partial charge in [0.1, 0.15) is 5.82 Å². The molecule has 1 aromatic heterocycles. The Labute approximate surface area is 126 Å². The maximum atomic E-state index is 12.2. The Balaban J connectivity index is 1.98. The number of amides is 1. The molecule has 0 aliphatic carbocycles. The van der Waals surface area contributed by atoms with Crippen LogP contribution in [0.2, 0.25) is 0 Å². The number of hydrogen-bond acceptors (Lipinski definition) is 4. The van der Waals surface area contributed by atoms with E-state index in [0.717, 1.165) is 43.9 Å². The van der Waals surface area contributed by atoms with E-state index in [1.165, 1.54) is 12.8 Å². The fourth-order valence-corrected chi connectivity index (χ4v) is 2.80. The highest BCUT2D eigenvalue weighted by Gasteiger charge is 2.22. The summed E-state index contributed by atoms with van der Waals surface area (Å²) in [6.07, 6.45) is 6.26. The number of nitrogens with one attached hydrogen (secondary N) is 1. The van der Waals surface area contributed by atoms with Gasteiger partial charge in [0.25, 0.3) is 0 Å². The summed E-state index contributed by atoms with van der Waals surface area (Å²) in [5, 5.41) is 11.6. The lowest BCUT2D eigenvalue weighted by molar-refractivity contribution is -0.125. The maximum Gasteiger partial charge on any atom is 0.223 e. The second-order valence-corrected chi connectivity index (χ2v) is 6.00. The molecule has 0 spiro atoms. The minimum absolute atomic E-state index is 0.0116. The summed E-state index contributed by atoms with van der Waals surface area (Å²) in [5.74, 6) is 2.00. The van der Waals surface area contributed by atoms with Crippen LogP contribution >= 0.6 is 0 Å². The lowest BCUT2D eigenvalue weighted by Gasteiger charge is -2.18. The zero-order valence-corrected chi connectivity index (χ0v) is 13.1. The molecule has 2 unspecified atom stereocenters. The molecule has 2 atom stereocenters. The highest BCUT2D eigenvalue weighted by molar-refractivity contribution is 5.78. The van der Waals surface area contributed by atoms with Crippen LogP contribution in [0.3, 0.4) is 0 Å². The van der Waals surface area contributed by atoms with Gasteiger partial charge in [-0.05, 0) is 39.2 Å². The van der Waals surface area contributed by atoms with Gasteiger partial charge in [-0.2, -0.15) is 0 Å². The number of carbonyl (C=O) groups excluding carboxylic acids is 1. The smallest absolute Gasteiger partial charge is 0.223 e. The molecule has 1 aliphatic heterocycles. The summed E-state index contributed by atoms with van der Waals surface area (Å²) in [6, 6.07) is -0.0998. The van der Waals surface area contributed by atoms with Crippen molar-refractivity contribution in [2.24, 2.45) is 11.7 Å². The fourth-order valence-electron chi connectivity index (χ4n) is 2.80. The third kappa shape index (κ3) is 4.03. The normalized spacial score (nSPS) is 17.7. The van der Waals surface area contributed by atoms with E-state index in [0.29, 0.717) is 6.54 Å². The number of rotatable bonds is 6. The Kier molecular flexibility index (Phi) is 5.73. The second-order valence-electron chi connectivity index (χ2n) is 6.00. The third-order valence-electron chi connectivity index (χ3n) is 4.17. The van der Waals surface area contributed by atoms with Crippen molar-refractivity contribution in [2.75, 3.05) is 6.54 Å². The number of aromatic nitrogens is 3. The van der Waals surface area contributed by atoms with Crippen molar-refractivity contribution in [3.05, 3.63) is 11.6 Å². The van der Waals surface area contributed by atoms with E-state index in [4.69, 9.17) is 5.73 Å². The lowest BCUT2D eigenvalue weighted by Crippen LogP contribution is -2.33. The van der Waals surface area contributed by atoms with Crippen LogP contribution in [0.15, 0.2) is 0 Å². The quantitative estimate of drug-likeness (QED) is 0.833. The molecular weight excluding hydrogens is 266 g/mol. The topological polar surface area (TPSA) is 85.8 Å². The summed E-state index contributed by atoms with van der Waals surface area (Å²) in [7, 11) is 0. The molecular formula is C15H27N5O. The average Bonchev–Trinajstić information content (AvgIpc) is 2.73. The minimum Gasteiger partial charge on any atom is -0.346 e. The van der Waals surface area contributed by atoms with Crippen LogP contribution < -0.4 is 11.1 Å². The molecule has 6 nitrogen and oxygen atoms in total. The first-order chi connectivity index (χ1) is 10.1. The molecule has 1 aromatic rings. The zero-order valence-electron chi connectivity index (χ0n) is 13.1. The molecule has 0 fully saturated rings. The van der Waals surface area contributed by atoms with Crippen LogP contribution in [0.25, 0.3) is 0 Å². The minimum atomic E-state index is -0.0998.